The summed E-state index contributed by atoms with van der Waals surface area (Å²) in [5.41, 5.74) is 0.546. The van der Waals surface area contributed by atoms with Gasteiger partial charge < -0.3 is 15.0 Å². The molecule has 5 nitrogen and oxygen atoms in total. The van der Waals surface area contributed by atoms with Crippen molar-refractivity contribution in [1.82, 2.24) is 9.88 Å². The number of carbonyl (C=O) groups is 2. The molecule has 106 valence electrons. The topological polar surface area (TPSA) is 71.3 Å². The number of halogens is 1. The monoisotopic (exact) mass is 286 g/mol. The Labute approximate surface area is 117 Å². The van der Waals surface area contributed by atoms with E-state index >= 15 is 0 Å². The van der Waals surface area contributed by atoms with E-state index in [1.54, 1.807) is 12.3 Å². The number of rotatable bonds is 8. The molecule has 1 rings (SSSR count). The molecule has 0 aromatic carbocycles. The molecule has 0 atom stereocenters. The van der Waals surface area contributed by atoms with Crippen molar-refractivity contribution in [3.05, 3.63) is 23.0 Å². The Morgan fingerprint density at radius 3 is 2.79 bits per heavy atom. The zero-order valence-electron chi connectivity index (χ0n) is 11.0. The second-order valence-corrected chi connectivity index (χ2v) is 4.78. The van der Waals surface area contributed by atoms with E-state index in [1.807, 2.05) is 11.5 Å². The fourth-order valence-electron chi connectivity index (χ4n) is 1.78. The zero-order valence-corrected chi connectivity index (χ0v) is 11.7. The number of nitrogens with zero attached hydrogens (tertiary/aromatic N) is 1. The lowest BCUT2D eigenvalue weighted by molar-refractivity contribution is -0.137. The lowest BCUT2D eigenvalue weighted by atomic mass is 10.2. The first-order valence-electron chi connectivity index (χ1n) is 6.40. The summed E-state index contributed by atoms with van der Waals surface area (Å²) in [6.07, 6.45) is 4.01. The average Bonchev–Trinajstić information content (AvgIpc) is 2.70. The minimum atomic E-state index is -0.810. The Morgan fingerprint density at radius 2 is 2.16 bits per heavy atom. The number of carbonyl (C=O) groups excluding carboxylic acids is 1. The molecule has 19 heavy (non-hydrogen) atoms. The second kappa shape index (κ2) is 7.84. The Kier molecular flexibility index (Phi) is 6.42. The number of hydrogen-bond donors (Lipinski definition) is 2. The van der Waals surface area contributed by atoms with Gasteiger partial charge in [0.05, 0.1) is 5.02 Å². The third-order valence-corrected chi connectivity index (χ3v) is 2.87. The first-order valence-corrected chi connectivity index (χ1v) is 6.78. The Morgan fingerprint density at radius 1 is 1.42 bits per heavy atom. The van der Waals surface area contributed by atoms with Gasteiger partial charge in [-0.25, -0.2) is 0 Å². The number of aliphatic carboxylic acids is 1. The third-order valence-electron chi connectivity index (χ3n) is 2.66. The van der Waals surface area contributed by atoms with E-state index in [0.717, 1.165) is 13.0 Å². The Balaban J connectivity index is 2.42. The van der Waals surface area contributed by atoms with Crippen molar-refractivity contribution in [1.29, 1.82) is 0 Å². The van der Waals surface area contributed by atoms with Gasteiger partial charge in [0.1, 0.15) is 5.69 Å². The number of amides is 1. The molecule has 0 unspecified atom stereocenters. The van der Waals surface area contributed by atoms with E-state index in [9.17, 15) is 9.59 Å². The largest absolute Gasteiger partial charge is 0.481 e. The van der Waals surface area contributed by atoms with E-state index in [2.05, 4.69) is 5.32 Å². The minimum absolute atomic E-state index is 0.133. The quantitative estimate of drug-likeness (QED) is 0.721. The van der Waals surface area contributed by atoms with Crippen LogP contribution in [0, 0.1) is 0 Å². The van der Waals surface area contributed by atoms with E-state index in [-0.39, 0.29) is 12.3 Å². The molecule has 0 bridgehead atoms. The van der Waals surface area contributed by atoms with Crippen LogP contribution in [-0.4, -0.2) is 28.1 Å². The van der Waals surface area contributed by atoms with Crippen LogP contribution in [0.5, 0.6) is 0 Å². The SMILES string of the molecule is CCCn1cc(Cl)cc1C(=O)NCCCCC(=O)O. The lowest BCUT2D eigenvalue weighted by Gasteiger charge is -2.08. The van der Waals surface area contributed by atoms with Crippen molar-refractivity contribution < 1.29 is 14.7 Å². The van der Waals surface area contributed by atoms with Gasteiger partial charge in [-0.05, 0) is 25.3 Å². The number of nitrogens with one attached hydrogen (secondary N) is 1. The van der Waals surface area contributed by atoms with Crippen LogP contribution < -0.4 is 5.32 Å². The van der Waals surface area contributed by atoms with Crippen molar-refractivity contribution in [3.8, 4) is 0 Å². The summed E-state index contributed by atoms with van der Waals surface area (Å²) in [4.78, 5) is 22.3. The molecule has 0 aliphatic heterocycles. The maximum Gasteiger partial charge on any atom is 0.303 e. The van der Waals surface area contributed by atoms with Crippen molar-refractivity contribution in [2.45, 2.75) is 39.2 Å². The molecule has 0 aliphatic rings. The van der Waals surface area contributed by atoms with Crippen LogP contribution in [0.1, 0.15) is 43.1 Å². The van der Waals surface area contributed by atoms with Crippen molar-refractivity contribution >= 4 is 23.5 Å². The molecule has 1 aromatic rings. The molecular formula is C13H19ClN2O3. The number of aryl methyl sites for hydroxylation is 1. The molecule has 1 aromatic heterocycles. The summed E-state index contributed by atoms with van der Waals surface area (Å²) in [6, 6.07) is 1.64. The molecule has 0 aliphatic carbocycles. The second-order valence-electron chi connectivity index (χ2n) is 4.34. The standard InChI is InChI=1S/C13H19ClN2O3/c1-2-7-16-9-10(14)8-11(16)13(19)15-6-4-3-5-12(17)18/h8-9H,2-7H2,1H3,(H,15,19)(H,17,18). The van der Waals surface area contributed by atoms with Crippen LogP contribution in [-0.2, 0) is 11.3 Å². The van der Waals surface area contributed by atoms with E-state index < -0.39 is 5.97 Å². The molecule has 1 heterocycles. The fourth-order valence-corrected chi connectivity index (χ4v) is 2.01. The predicted octanol–water partition coefficient (Wildman–Crippen LogP) is 2.54. The molecule has 0 saturated carbocycles. The van der Waals surface area contributed by atoms with E-state index in [1.165, 1.54) is 0 Å². The summed E-state index contributed by atoms with van der Waals surface area (Å²) in [7, 11) is 0. The average molecular weight is 287 g/mol. The Bertz CT molecular complexity index is 443. The zero-order chi connectivity index (χ0) is 14.3. The molecule has 0 fully saturated rings. The highest BCUT2D eigenvalue weighted by molar-refractivity contribution is 6.31. The maximum atomic E-state index is 11.9. The van der Waals surface area contributed by atoms with Gasteiger partial charge in [-0.2, -0.15) is 0 Å². The van der Waals surface area contributed by atoms with E-state index in [4.69, 9.17) is 16.7 Å². The van der Waals surface area contributed by atoms with Gasteiger partial charge in [0, 0.05) is 25.7 Å². The van der Waals surface area contributed by atoms with Crippen LogP contribution in [0.4, 0.5) is 0 Å². The summed E-state index contributed by atoms with van der Waals surface area (Å²) in [5, 5.41) is 11.8. The predicted molar refractivity (Wildman–Crippen MR) is 73.6 cm³/mol. The molecule has 6 heteroatoms. The van der Waals surface area contributed by atoms with Crippen molar-refractivity contribution in [2.24, 2.45) is 0 Å². The highest BCUT2D eigenvalue weighted by atomic mass is 35.5. The third kappa shape index (κ3) is 5.34. The van der Waals surface area contributed by atoms with Crippen LogP contribution >= 0.6 is 11.6 Å². The van der Waals surface area contributed by atoms with Gasteiger partial charge in [-0.1, -0.05) is 18.5 Å². The number of hydrogen-bond acceptors (Lipinski definition) is 2. The highest BCUT2D eigenvalue weighted by Gasteiger charge is 2.12. The van der Waals surface area contributed by atoms with Gasteiger partial charge in [-0.3, -0.25) is 9.59 Å². The van der Waals surface area contributed by atoms with Crippen molar-refractivity contribution in [2.75, 3.05) is 6.54 Å². The molecule has 0 spiro atoms. The number of carboxylic acid groups (broad SMARTS) is 1. The van der Waals surface area contributed by atoms with Crippen LogP contribution in [0.15, 0.2) is 12.3 Å². The Hall–Kier alpha value is -1.49. The summed E-state index contributed by atoms with van der Waals surface area (Å²) in [5.74, 6) is -0.981. The summed E-state index contributed by atoms with van der Waals surface area (Å²) in [6.45, 7) is 3.25. The maximum absolute atomic E-state index is 11.9. The number of carboxylic acids is 1. The van der Waals surface area contributed by atoms with Crippen LogP contribution in [0.2, 0.25) is 5.02 Å². The summed E-state index contributed by atoms with van der Waals surface area (Å²) < 4.78 is 1.83. The smallest absolute Gasteiger partial charge is 0.303 e. The molecule has 0 saturated heterocycles. The van der Waals surface area contributed by atoms with Crippen LogP contribution in [0.25, 0.3) is 0 Å². The van der Waals surface area contributed by atoms with Gasteiger partial charge in [0.2, 0.25) is 0 Å². The summed E-state index contributed by atoms with van der Waals surface area (Å²) >= 11 is 5.90. The van der Waals surface area contributed by atoms with Crippen molar-refractivity contribution in [3.63, 3.8) is 0 Å². The number of aromatic nitrogens is 1. The highest BCUT2D eigenvalue weighted by Crippen LogP contribution is 2.14. The molecular weight excluding hydrogens is 268 g/mol. The number of unbranched alkanes of at least 4 members (excludes halogenated alkanes) is 1. The van der Waals surface area contributed by atoms with Gasteiger partial charge in [-0.15, -0.1) is 0 Å². The van der Waals surface area contributed by atoms with Crippen LogP contribution in [0.3, 0.4) is 0 Å². The lowest BCUT2D eigenvalue weighted by Crippen LogP contribution is -2.26. The fraction of sp³-hybridized carbons (Fsp3) is 0.538. The minimum Gasteiger partial charge on any atom is -0.481 e. The normalized spacial score (nSPS) is 10.4. The molecule has 0 radical (unpaired) electrons. The van der Waals surface area contributed by atoms with Gasteiger partial charge in [0.15, 0.2) is 0 Å². The van der Waals surface area contributed by atoms with Gasteiger partial charge in [0.25, 0.3) is 5.91 Å². The molecule has 2 N–H and O–H groups in total. The van der Waals surface area contributed by atoms with E-state index in [0.29, 0.717) is 30.1 Å². The van der Waals surface area contributed by atoms with Gasteiger partial charge >= 0.3 is 5.97 Å². The first kappa shape index (κ1) is 15.6. The first-order chi connectivity index (χ1) is 9.04. The molecule has 1 amide bonds.